The SMILES string of the molecule is CCOC(=O)CNCc1ncnn1CC(C)C. The summed E-state index contributed by atoms with van der Waals surface area (Å²) in [5.41, 5.74) is 0. The number of aromatic nitrogens is 3. The van der Waals surface area contributed by atoms with Crippen molar-refractivity contribution in [1.82, 2.24) is 20.1 Å². The smallest absolute Gasteiger partial charge is 0.319 e. The second-order valence-electron chi connectivity index (χ2n) is 4.16. The van der Waals surface area contributed by atoms with Crippen LogP contribution in [0.2, 0.25) is 0 Å². The van der Waals surface area contributed by atoms with Crippen LogP contribution in [-0.4, -0.2) is 33.9 Å². The Bertz CT molecular complexity index is 349. The normalized spacial score (nSPS) is 10.8. The molecule has 0 radical (unpaired) electrons. The molecule has 1 aromatic rings. The second kappa shape index (κ2) is 7.01. The highest BCUT2D eigenvalue weighted by Crippen LogP contribution is 2.00. The molecule has 1 N–H and O–H groups in total. The lowest BCUT2D eigenvalue weighted by molar-refractivity contribution is -0.142. The Morgan fingerprint density at radius 3 is 3.00 bits per heavy atom. The maximum atomic E-state index is 11.1. The van der Waals surface area contributed by atoms with Gasteiger partial charge in [-0.2, -0.15) is 5.10 Å². The molecule has 17 heavy (non-hydrogen) atoms. The molecule has 0 atom stereocenters. The fourth-order valence-corrected chi connectivity index (χ4v) is 1.41. The highest BCUT2D eigenvalue weighted by atomic mass is 16.5. The Morgan fingerprint density at radius 1 is 1.59 bits per heavy atom. The van der Waals surface area contributed by atoms with Gasteiger partial charge in [0, 0.05) is 6.54 Å². The van der Waals surface area contributed by atoms with Gasteiger partial charge in [0.1, 0.15) is 12.2 Å². The Morgan fingerprint density at radius 2 is 2.35 bits per heavy atom. The summed E-state index contributed by atoms with van der Waals surface area (Å²) in [6.45, 7) is 7.99. The third-order valence-corrected chi connectivity index (χ3v) is 2.09. The van der Waals surface area contributed by atoms with Crippen molar-refractivity contribution in [2.24, 2.45) is 5.92 Å². The zero-order chi connectivity index (χ0) is 12.7. The lowest BCUT2D eigenvalue weighted by Gasteiger charge is -2.09. The molecule has 0 unspecified atom stereocenters. The first-order valence-electron chi connectivity index (χ1n) is 5.86. The van der Waals surface area contributed by atoms with E-state index in [9.17, 15) is 4.79 Å². The van der Waals surface area contributed by atoms with Crippen LogP contribution in [0, 0.1) is 5.92 Å². The monoisotopic (exact) mass is 240 g/mol. The number of ether oxygens (including phenoxy) is 1. The van der Waals surface area contributed by atoms with Crippen molar-refractivity contribution in [1.29, 1.82) is 0 Å². The van der Waals surface area contributed by atoms with E-state index in [0.29, 0.717) is 19.1 Å². The topological polar surface area (TPSA) is 69.0 Å². The van der Waals surface area contributed by atoms with E-state index in [1.54, 1.807) is 6.92 Å². The van der Waals surface area contributed by atoms with E-state index in [1.807, 2.05) is 4.68 Å². The Kier molecular flexibility index (Phi) is 5.62. The summed E-state index contributed by atoms with van der Waals surface area (Å²) in [7, 11) is 0. The average Bonchev–Trinajstić information content (AvgIpc) is 2.65. The van der Waals surface area contributed by atoms with Gasteiger partial charge >= 0.3 is 5.97 Å². The quantitative estimate of drug-likeness (QED) is 0.706. The van der Waals surface area contributed by atoms with E-state index in [4.69, 9.17) is 4.74 Å². The predicted molar refractivity (Wildman–Crippen MR) is 63.2 cm³/mol. The number of rotatable bonds is 7. The highest BCUT2D eigenvalue weighted by Gasteiger charge is 2.07. The van der Waals surface area contributed by atoms with Gasteiger partial charge in [-0.3, -0.25) is 10.1 Å². The van der Waals surface area contributed by atoms with Gasteiger partial charge in [0.2, 0.25) is 0 Å². The van der Waals surface area contributed by atoms with Gasteiger partial charge < -0.3 is 4.74 Å². The van der Waals surface area contributed by atoms with Gasteiger partial charge in [-0.25, -0.2) is 9.67 Å². The van der Waals surface area contributed by atoms with Crippen LogP contribution in [0.4, 0.5) is 0 Å². The molecule has 96 valence electrons. The molecule has 6 heteroatoms. The molecule has 1 heterocycles. The van der Waals surface area contributed by atoms with Gasteiger partial charge in [-0.05, 0) is 12.8 Å². The number of hydrogen-bond donors (Lipinski definition) is 1. The maximum Gasteiger partial charge on any atom is 0.319 e. The van der Waals surface area contributed by atoms with Crippen molar-refractivity contribution < 1.29 is 9.53 Å². The molecule has 1 aromatic heterocycles. The van der Waals surface area contributed by atoms with Gasteiger partial charge in [0.15, 0.2) is 0 Å². The molecule has 0 aliphatic heterocycles. The standard InChI is InChI=1S/C11H20N4O2/c1-4-17-11(16)6-12-5-10-13-8-14-15(10)7-9(2)3/h8-9,12H,4-7H2,1-3H3. The van der Waals surface area contributed by atoms with Gasteiger partial charge in [0.25, 0.3) is 0 Å². The Hall–Kier alpha value is -1.43. The van der Waals surface area contributed by atoms with E-state index in [2.05, 4.69) is 29.2 Å². The molecule has 0 saturated heterocycles. The zero-order valence-corrected chi connectivity index (χ0v) is 10.6. The molecule has 0 aromatic carbocycles. The third kappa shape index (κ3) is 4.95. The van der Waals surface area contributed by atoms with Crippen molar-refractivity contribution >= 4 is 5.97 Å². The van der Waals surface area contributed by atoms with Crippen LogP contribution in [0.3, 0.4) is 0 Å². The number of hydrogen-bond acceptors (Lipinski definition) is 5. The van der Waals surface area contributed by atoms with E-state index >= 15 is 0 Å². The minimum atomic E-state index is -0.248. The van der Waals surface area contributed by atoms with E-state index in [-0.39, 0.29) is 12.5 Å². The molecule has 0 amide bonds. The summed E-state index contributed by atoms with van der Waals surface area (Å²) in [5, 5.41) is 7.13. The molecule has 0 aliphatic carbocycles. The molecular weight excluding hydrogens is 220 g/mol. The van der Waals surface area contributed by atoms with E-state index < -0.39 is 0 Å². The van der Waals surface area contributed by atoms with Crippen molar-refractivity contribution in [2.75, 3.05) is 13.2 Å². The second-order valence-corrected chi connectivity index (χ2v) is 4.16. The fourth-order valence-electron chi connectivity index (χ4n) is 1.41. The Balaban J connectivity index is 2.36. The van der Waals surface area contributed by atoms with Crippen LogP contribution in [-0.2, 0) is 22.6 Å². The first-order valence-corrected chi connectivity index (χ1v) is 5.86. The maximum absolute atomic E-state index is 11.1. The largest absolute Gasteiger partial charge is 0.465 e. The van der Waals surface area contributed by atoms with Crippen LogP contribution in [0.1, 0.15) is 26.6 Å². The van der Waals surface area contributed by atoms with Crippen molar-refractivity contribution in [2.45, 2.75) is 33.9 Å². The van der Waals surface area contributed by atoms with Crippen LogP contribution in [0.15, 0.2) is 6.33 Å². The molecule has 0 aliphatic rings. The van der Waals surface area contributed by atoms with Crippen molar-refractivity contribution in [3.8, 4) is 0 Å². The van der Waals surface area contributed by atoms with Crippen molar-refractivity contribution in [3.63, 3.8) is 0 Å². The predicted octanol–water partition coefficient (Wildman–Crippen LogP) is 0.587. The molecule has 6 nitrogen and oxygen atoms in total. The van der Waals surface area contributed by atoms with Gasteiger partial charge in [-0.1, -0.05) is 13.8 Å². The number of nitrogens with one attached hydrogen (secondary N) is 1. The molecule has 0 bridgehead atoms. The molecule has 0 saturated carbocycles. The van der Waals surface area contributed by atoms with Crippen LogP contribution in [0.25, 0.3) is 0 Å². The molecule has 1 rings (SSSR count). The van der Waals surface area contributed by atoms with Crippen LogP contribution in [0.5, 0.6) is 0 Å². The number of carbonyl (C=O) groups is 1. The van der Waals surface area contributed by atoms with Crippen LogP contribution < -0.4 is 5.32 Å². The molecule has 0 fully saturated rings. The summed E-state index contributed by atoms with van der Waals surface area (Å²) in [5.74, 6) is 1.10. The summed E-state index contributed by atoms with van der Waals surface area (Å²) < 4.78 is 6.66. The molecular formula is C11H20N4O2. The lowest BCUT2D eigenvalue weighted by atomic mass is 10.2. The van der Waals surface area contributed by atoms with E-state index in [0.717, 1.165) is 12.4 Å². The summed E-state index contributed by atoms with van der Waals surface area (Å²) >= 11 is 0. The summed E-state index contributed by atoms with van der Waals surface area (Å²) in [4.78, 5) is 15.3. The molecule has 0 spiro atoms. The first kappa shape index (κ1) is 13.6. The van der Waals surface area contributed by atoms with Crippen LogP contribution >= 0.6 is 0 Å². The minimum absolute atomic E-state index is 0.197. The lowest BCUT2D eigenvalue weighted by Crippen LogP contribution is -2.26. The minimum Gasteiger partial charge on any atom is -0.465 e. The third-order valence-electron chi connectivity index (χ3n) is 2.09. The summed E-state index contributed by atoms with van der Waals surface area (Å²) in [6.07, 6.45) is 1.53. The average molecular weight is 240 g/mol. The van der Waals surface area contributed by atoms with Crippen molar-refractivity contribution in [3.05, 3.63) is 12.2 Å². The van der Waals surface area contributed by atoms with E-state index in [1.165, 1.54) is 6.33 Å². The first-order chi connectivity index (χ1) is 8.13. The number of esters is 1. The Labute approximate surface area is 101 Å². The fraction of sp³-hybridized carbons (Fsp3) is 0.727. The summed E-state index contributed by atoms with van der Waals surface area (Å²) in [6, 6.07) is 0. The van der Waals surface area contributed by atoms with Gasteiger partial charge in [-0.15, -0.1) is 0 Å². The number of carbonyl (C=O) groups excluding carboxylic acids is 1. The highest BCUT2D eigenvalue weighted by molar-refractivity contribution is 5.71. The van der Waals surface area contributed by atoms with Gasteiger partial charge in [0.05, 0.1) is 19.7 Å². The number of nitrogens with zero attached hydrogens (tertiary/aromatic N) is 3. The zero-order valence-electron chi connectivity index (χ0n) is 10.6.